The summed E-state index contributed by atoms with van der Waals surface area (Å²) in [4.78, 5) is 0. The summed E-state index contributed by atoms with van der Waals surface area (Å²) in [6.07, 6.45) is 13.9. The van der Waals surface area contributed by atoms with Gasteiger partial charge in [-0.25, -0.2) is 0 Å². The van der Waals surface area contributed by atoms with Gasteiger partial charge >= 0.3 is 0 Å². The van der Waals surface area contributed by atoms with Crippen LogP contribution in [0.3, 0.4) is 0 Å². The molecule has 0 radical (unpaired) electrons. The minimum absolute atomic E-state index is 0.0957. The molecule has 4 heteroatoms. The van der Waals surface area contributed by atoms with E-state index in [9.17, 15) is 5.21 Å². The zero-order valence-corrected chi connectivity index (χ0v) is 14.1. The summed E-state index contributed by atoms with van der Waals surface area (Å²) >= 11 is 0. The quantitative estimate of drug-likeness (QED) is 0.260. The van der Waals surface area contributed by atoms with Crippen molar-refractivity contribution in [1.29, 1.82) is 0 Å². The Morgan fingerprint density at radius 3 is 1.38 bits per heavy atom. The van der Waals surface area contributed by atoms with Crippen LogP contribution < -0.4 is 0 Å². The molecule has 0 amide bonds. The number of unbranched alkanes of at least 4 members (excludes halogenated alkanes) is 10. The smallest absolute Gasteiger partial charge is 0.102 e. The molecule has 0 rings (SSSR count). The van der Waals surface area contributed by atoms with Crippen LogP contribution in [0.25, 0.3) is 0 Å². The number of hydrogen-bond donors (Lipinski definition) is 2. The number of nitrogens with zero attached hydrogens (tertiary/aromatic N) is 1. The van der Waals surface area contributed by atoms with Gasteiger partial charge in [-0.05, 0) is 12.8 Å². The van der Waals surface area contributed by atoms with Gasteiger partial charge in [-0.15, -0.1) is 0 Å². The fourth-order valence-corrected chi connectivity index (χ4v) is 2.76. The lowest BCUT2D eigenvalue weighted by Gasteiger charge is -2.42. The third kappa shape index (κ3) is 13.2. The van der Waals surface area contributed by atoms with Gasteiger partial charge in [0.25, 0.3) is 0 Å². The highest BCUT2D eigenvalue weighted by Crippen LogP contribution is 2.13. The zero-order chi connectivity index (χ0) is 15.8. The summed E-state index contributed by atoms with van der Waals surface area (Å²) in [5.74, 6) is 0. The Kier molecular flexibility index (Phi) is 14.7. The second-order valence-corrected chi connectivity index (χ2v) is 6.21. The van der Waals surface area contributed by atoms with Crippen molar-refractivity contribution >= 4 is 0 Å². The Morgan fingerprint density at radius 1 is 0.619 bits per heavy atom. The number of quaternary nitrogens is 1. The maximum absolute atomic E-state index is 12.2. The molecule has 0 fully saturated rings. The largest absolute Gasteiger partial charge is 0.633 e. The first-order valence-corrected chi connectivity index (χ1v) is 8.97. The predicted octanol–water partition coefficient (Wildman–Crippen LogP) is 3.60. The van der Waals surface area contributed by atoms with E-state index in [-0.39, 0.29) is 26.3 Å². The van der Waals surface area contributed by atoms with Crippen molar-refractivity contribution in [2.24, 2.45) is 0 Å². The van der Waals surface area contributed by atoms with Gasteiger partial charge < -0.3 is 20.1 Å². The van der Waals surface area contributed by atoms with E-state index in [4.69, 9.17) is 10.2 Å². The Hall–Kier alpha value is -0.160. The van der Waals surface area contributed by atoms with Gasteiger partial charge in [0.05, 0.1) is 19.8 Å². The summed E-state index contributed by atoms with van der Waals surface area (Å²) in [7, 11) is 0. The van der Waals surface area contributed by atoms with Crippen molar-refractivity contribution in [1.82, 2.24) is 0 Å². The van der Waals surface area contributed by atoms with Crippen molar-refractivity contribution in [3.63, 3.8) is 0 Å². The minimum atomic E-state index is -0.440. The lowest BCUT2D eigenvalue weighted by molar-refractivity contribution is -0.881. The van der Waals surface area contributed by atoms with Crippen molar-refractivity contribution in [3.05, 3.63) is 5.21 Å². The molecule has 0 unspecified atom stereocenters. The SMILES string of the molecule is CCCCCCCCCCCCC[N+]([O-])(CCO)CCO. The van der Waals surface area contributed by atoms with Crippen LogP contribution in [0.15, 0.2) is 0 Å². The average molecular weight is 303 g/mol. The van der Waals surface area contributed by atoms with Crippen LogP contribution >= 0.6 is 0 Å². The second-order valence-electron chi connectivity index (χ2n) is 6.21. The van der Waals surface area contributed by atoms with Gasteiger partial charge in [0.2, 0.25) is 0 Å². The topological polar surface area (TPSA) is 63.5 Å². The molecule has 0 saturated carbocycles. The predicted molar refractivity (Wildman–Crippen MR) is 88.9 cm³/mol. The standard InChI is InChI=1S/C17H37NO3/c1-2-3-4-5-6-7-8-9-10-11-12-13-18(21,14-16-19)15-17-20/h19-20H,2-17H2,1H3. The van der Waals surface area contributed by atoms with Crippen molar-refractivity contribution in [2.45, 2.75) is 77.6 Å². The van der Waals surface area contributed by atoms with E-state index in [2.05, 4.69) is 6.92 Å². The molecule has 0 aromatic heterocycles. The Bertz CT molecular complexity index is 206. The zero-order valence-electron chi connectivity index (χ0n) is 14.1. The molecule has 128 valence electrons. The van der Waals surface area contributed by atoms with Crippen LogP contribution in [0.2, 0.25) is 0 Å². The molecular weight excluding hydrogens is 266 g/mol. The van der Waals surface area contributed by atoms with Gasteiger partial charge in [0, 0.05) is 0 Å². The molecule has 0 bridgehead atoms. The molecule has 21 heavy (non-hydrogen) atoms. The van der Waals surface area contributed by atoms with Crippen molar-refractivity contribution in [2.75, 3.05) is 32.8 Å². The lowest BCUT2D eigenvalue weighted by atomic mass is 10.1. The highest BCUT2D eigenvalue weighted by atomic mass is 16.5. The molecule has 0 heterocycles. The molecule has 4 nitrogen and oxygen atoms in total. The van der Waals surface area contributed by atoms with E-state index in [1.807, 2.05) is 0 Å². The molecule has 0 saturated heterocycles. The molecule has 0 spiro atoms. The highest BCUT2D eigenvalue weighted by molar-refractivity contribution is 4.50. The second kappa shape index (κ2) is 14.8. The van der Waals surface area contributed by atoms with E-state index in [0.717, 1.165) is 12.8 Å². The van der Waals surface area contributed by atoms with Gasteiger partial charge in [-0.2, -0.15) is 0 Å². The van der Waals surface area contributed by atoms with Crippen LogP contribution in [0.5, 0.6) is 0 Å². The molecule has 0 aromatic carbocycles. The third-order valence-electron chi connectivity index (χ3n) is 4.18. The van der Waals surface area contributed by atoms with E-state index in [0.29, 0.717) is 6.54 Å². The van der Waals surface area contributed by atoms with E-state index in [1.54, 1.807) is 0 Å². The van der Waals surface area contributed by atoms with E-state index >= 15 is 0 Å². The van der Waals surface area contributed by atoms with E-state index < -0.39 is 4.65 Å². The Labute approximate surface area is 131 Å². The Balaban J connectivity index is 3.37. The lowest BCUT2D eigenvalue weighted by Crippen LogP contribution is -2.47. The first-order valence-electron chi connectivity index (χ1n) is 8.97. The highest BCUT2D eigenvalue weighted by Gasteiger charge is 2.14. The van der Waals surface area contributed by atoms with Gasteiger partial charge in [0.1, 0.15) is 13.1 Å². The number of hydroxylamine groups is 3. The van der Waals surface area contributed by atoms with Gasteiger partial charge in [-0.1, -0.05) is 64.7 Å². The molecular formula is C17H37NO3. The van der Waals surface area contributed by atoms with Crippen LogP contribution in [0, 0.1) is 5.21 Å². The summed E-state index contributed by atoms with van der Waals surface area (Å²) in [6, 6.07) is 0. The number of hydrogen-bond acceptors (Lipinski definition) is 3. The first-order chi connectivity index (χ1) is 10.2. The molecule has 0 aliphatic rings. The van der Waals surface area contributed by atoms with Crippen LogP contribution in [0.4, 0.5) is 0 Å². The summed E-state index contributed by atoms with van der Waals surface area (Å²) in [5, 5.41) is 30.0. The summed E-state index contributed by atoms with van der Waals surface area (Å²) in [6.45, 7) is 2.99. The normalized spacial score (nSPS) is 12.0. The summed E-state index contributed by atoms with van der Waals surface area (Å²) in [5.41, 5.74) is 0. The van der Waals surface area contributed by atoms with Crippen molar-refractivity contribution < 1.29 is 14.9 Å². The Morgan fingerprint density at radius 2 is 1.00 bits per heavy atom. The molecule has 0 aromatic rings. The number of aliphatic hydroxyl groups excluding tert-OH is 2. The maximum Gasteiger partial charge on any atom is 0.102 e. The van der Waals surface area contributed by atoms with Crippen LogP contribution in [-0.4, -0.2) is 47.7 Å². The fraction of sp³-hybridized carbons (Fsp3) is 1.00. The molecule has 0 atom stereocenters. The average Bonchev–Trinajstić information content (AvgIpc) is 2.45. The van der Waals surface area contributed by atoms with Gasteiger partial charge in [-0.3, -0.25) is 0 Å². The van der Waals surface area contributed by atoms with Gasteiger partial charge in [0.15, 0.2) is 0 Å². The minimum Gasteiger partial charge on any atom is -0.633 e. The maximum atomic E-state index is 12.2. The molecule has 0 aliphatic heterocycles. The molecule has 0 aliphatic carbocycles. The molecule has 2 N–H and O–H groups in total. The first kappa shape index (κ1) is 20.8. The van der Waals surface area contributed by atoms with Crippen LogP contribution in [0.1, 0.15) is 77.6 Å². The van der Waals surface area contributed by atoms with Crippen LogP contribution in [-0.2, 0) is 0 Å². The fourth-order valence-electron chi connectivity index (χ4n) is 2.76. The number of rotatable bonds is 16. The van der Waals surface area contributed by atoms with Crippen molar-refractivity contribution in [3.8, 4) is 0 Å². The third-order valence-corrected chi connectivity index (χ3v) is 4.18. The number of aliphatic hydroxyl groups is 2. The monoisotopic (exact) mass is 303 g/mol. The summed E-state index contributed by atoms with van der Waals surface area (Å²) < 4.78 is -0.440. The van der Waals surface area contributed by atoms with E-state index in [1.165, 1.54) is 57.8 Å².